The van der Waals surface area contributed by atoms with Gasteiger partial charge in [0.25, 0.3) is 0 Å². The minimum absolute atomic E-state index is 0.603. The Kier molecular flexibility index (Phi) is 3.48. The minimum atomic E-state index is 0.603. The molecule has 0 radical (unpaired) electrons. The van der Waals surface area contributed by atoms with Gasteiger partial charge in [-0.1, -0.05) is 43.7 Å². The van der Waals surface area contributed by atoms with Crippen LogP contribution >= 0.6 is 11.3 Å². The van der Waals surface area contributed by atoms with Crippen LogP contribution in [0.5, 0.6) is 0 Å². The zero-order valence-corrected chi connectivity index (χ0v) is 12.8. The number of hydrogen-bond donors (Lipinski definition) is 1. The van der Waals surface area contributed by atoms with Crippen LogP contribution in [0.2, 0.25) is 0 Å². The molecule has 102 valence electrons. The first-order valence-electron chi connectivity index (χ1n) is 7.31. The highest BCUT2D eigenvalue weighted by atomic mass is 32.1. The monoisotopic (exact) mass is 274 g/mol. The zero-order valence-electron chi connectivity index (χ0n) is 11.9. The summed E-state index contributed by atoms with van der Waals surface area (Å²) in [6.45, 7) is 6.83. The molecule has 3 heteroatoms. The summed E-state index contributed by atoms with van der Waals surface area (Å²) in [5, 5.41) is 4.77. The lowest BCUT2D eigenvalue weighted by molar-refractivity contribution is 0.392. The first-order valence-corrected chi connectivity index (χ1v) is 8.13. The number of anilines is 1. The van der Waals surface area contributed by atoms with E-state index >= 15 is 0 Å². The number of thiazole rings is 1. The Morgan fingerprint density at radius 2 is 2.21 bits per heavy atom. The highest BCUT2D eigenvalue weighted by molar-refractivity contribution is 7.22. The van der Waals surface area contributed by atoms with Crippen LogP contribution in [0.25, 0.3) is 10.2 Å². The molecule has 2 nitrogen and oxygen atoms in total. The number of fused-ring (bicyclic) bond motifs is 1. The third-order valence-corrected chi connectivity index (χ3v) is 5.63. The van der Waals surface area contributed by atoms with Crippen molar-refractivity contribution in [2.24, 2.45) is 11.8 Å². The highest BCUT2D eigenvalue weighted by Crippen LogP contribution is 2.37. The van der Waals surface area contributed by atoms with Crippen molar-refractivity contribution in [3.05, 3.63) is 23.8 Å². The molecule has 1 saturated carbocycles. The van der Waals surface area contributed by atoms with Gasteiger partial charge in [-0.05, 0) is 43.2 Å². The van der Waals surface area contributed by atoms with Crippen molar-refractivity contribution in [3.63, 3.8) is 0 Å². The molecular weight excluding hydrogens is 252 g/mol. The lowest BCUT2D eigenvalue weighted by Gasteiger charge is -2.20. The Labute approximate surface area is 119 Å². The molecule has 0 saturated heterocycles. The molecule has 1 fully saturated rings. The molecule has 0 aliphatic heterocycles. The van der Waals surface area contributed by atoms with Crippen molar-refractivity contribution in [3.8, 4) is 0 Å². The maximum absolute atomic E-state index is 4.77. The minimum Gasteiger partial charge on any atom is -0.358 e. The fraction of sp³-hybridized carbons (Fsp3) is 0.562. The molecule has 1 aliphatic carbocycles. The van der Waals surface area contributed by atoms with Crippen molar-refractivity contribution in [1.82, 2.24) is 4.98 Å². The van der Waals surface area contributed by atoms with Crippen LogP contribution in [0.15, 0.2) is 18.2 Å². The lowest BCUT2D eigenvalue weighted by Crippen LogP contribution is -2.24. The normalized spacial score (nSPS) is 27.0. The molecule has 3 unspecified atom stereocenters. The molecular formula is C16H22N2S. The fourth-order valence-corrected chi connectivity index (χ4v) is 4.34. The molecule has 1 aliphatic rings. The van der Waals surface area contributed by atoms with Gasteiger partial charge in [0.1, 0.15) is 0 Å². The predicted molar refractivity (Wildman–Crippen MR) is 83.9 cm³/mol. The SMILES string of the molecule is CCC1CCC(Nc2nc3c(C)cccc3s2)C1C. The smallest absolute Gasteiger partial charge is 0.184 e. The Morgan fingerprint density at radius 3 is 2.89 bits per heavy atom. The van der Waals surface area contributed by atoms with Gasteiger partial charge >= 0.3 is 0 Å². The average molecular weight is 274 g/mol. The van der Waals surface area contributed by atoms with E-state index in [1.807, 2.05) is 0 Å². The van der Waals surface area contributed by atoms with Crippen LogP contribution in [0, 0.1) is 18.8 Å². The van der Waals surface area contributed by atoms with Gasteiger partial charge in [0, 0.05) is 6.04 Å². The van der Waals surface area contributed by atoms with Gasteiger partial charge in [-0.2, -0.15) is 0 Å². The van der Waals surface area contributed by atoms with Crippen LogP contribution in [-0.4, -0.2) is 11.0 Å². The second-order valence-corrected chi connectivity index (χ2v) is 6.83. The molecule has 1 N–H and O–H groups in total. The standard InChI is InChI=1S/C16H22N2S/c1-4-12-8-9-13(11(12)3)17-16-18-15-10(2)6-5-7-14(15)19-16/h5-7,11-13H,4,8-9H2,1-3H3,(H,17,18). The Bertz CT molecular complexity index is 575. The van der Waals surface area contributed by atoms with Crippen molar-refractivity contribution in [1.29, 1.82) is 0 Å². The van der Waals surface area contributed by atoms with E-state index in [2.05, 4.69) is 44.3 Å². The third-order valence-electron chi connectivity index (χ3n) is 4.68. The van der Waals surface area contributed by atoms with E-state index in [1.54, 1.807) is 11.3 Å². The summed E-state index contributed by atoms with van der Waals surface area (Å²) in [6, 6.07) is 7.02. The summed E-state index contributed by atoms with van der Waals surface area (Å²) in [5.74, 6) is 1.65. The quantitative estimate of drug-likeness (QED) is 0.866. The molecule has 3 atom stereocenters. The second kappa shape index (κ2) is 5.12. The van der Waals surface area contributed by atoms with Gasteiger partial charge in [-0.15, -0.1) is 0 Å². The molecule has 0 spiro atoms. The first kappa shape index (κ1) is 12.9. The van der Waals surface area contributed by atoms with Gasteiger partial charge in [-0.3, -0.25) is 0 Å². The van der Waals surface area contributed by atoms with Gasteiger partial charge < -0.3 is 5.32 Å². The number of benzene rings is 1. The maximum atomic E-state index is 4.77. The van der Waals surface area contributed by atoms with Crippen molar-refractivity contribution in [2.75, 3.05) is 5.32 Å². The van der Waals surface area contributed by atoms with Gasteiger partial charge in [0.05, 0.1) is 10.2 Å². The molecule has 0 amide bonds. The summed E-state index contributed by atoms with van der Waals surface area (Å²) < 4.78 is 1.29. The van der Waals surface area contributed by atoms with E-state index in [4.69, 9.17) is 4.98 Å². The van der Waals surface area contributed by atoms with E-state index < -0.39 is 0 Å². The fourth-order valence-electron chi connectivity index (χ4n) is 3.33. The van der Waals surface area contributed by atoms with Crippen LogP contribution in [0.4, 0.5) is 5.13 Å². The van der Waals surface area contributed by atoms with Crippen molar-refractivity contribution < 1.29 is 0 Å². The van der Waals surface area contributed by atoms with Crippen molar-refractivity contribution in [2.45, 2.75) is 46.1 Å². The van der Waals surface area contributed by atoms with Gasteiger partial charge in [0.15, 0.2) is 5.13 Å². The van der Waals surface area contributed by atoms with Crippen LogP contribution in [-0.2, 0) is 0 Å². The van der Waals surface area contributed by atoms with Crippen LogP contribution < -0.4 is 5.32 Å². The van der Waals surface area contributed by atoms with Gasteiger partial charge in [-0.25, -0.2) is 4.98 Å². The number of aryl methyl sites for hydroxylation is 1. The Balaban J connectivity index is 1.81. The Morgan fingerprint density at radius 1 is 1.37 bits per heavy atom. The summed E-state index contributed by atoms with van der Waals surface area (Å²) in [4.78, 5) is 4.77. The van der Waals surface area contributed by atoms with Crippen LogP contribution in [0.1, 0.15) is 38.7 Å². The average Bonchev–Trinajstić information content (AvgIpc) is 2.96. The van der Waals surface area contributed by atoms with E-state index in [0.29, 0.717) is 6.04 Å². The summed E-state index contributed by atoms with van der Waals surface area (Å²) in [6.07, 6.45) is 3.95. The van der Waals surface area contributed by atoms with Gasteiger partial charge in [0.2, 0.25) is 0 Å². The predicted octanol–water partition coefficient (Wildman–Crippen LogP) is 4.84. The number of para-hydroxylation sites is 1. The van der Waals surface area contributed by atoms with E-state index in [9.17, 15) is 0 Å². The number of nitrogens with one attached hydrogen (secondary N) is 1. The highest BCUT2D eigenvalue weighted by Gasteiger charge is 2.31. The zero-order chi connectivity index (χ0) is 13.4. The summed E-state index contributed by atoms with van der Waals surface area (Å²) >= 11 is 1.79. The summed E-state index contributed by atoms with van der Waals surface area (Å²) in [7, 11) is 0. The number of rotatable bonds is 3. The lowest BCUT2D eigenvalue weighted by atomic mass is 9.94. The number of nitrogens with zero attached hydrogens (tertiary/aromatic N) is 1. The van der Waals surface area contributed by atoms with Crippen molar-refractivity contribution >= 4 is 26.7 Å². The molecule has 1 heterocycles. The molecule has 2 aromatic rings. The molecule has 19 heavy (non-hydrogen) atoms. The molecule has 1 aromatic heterocycles. The van der Waals surface area contributed by atoms with E-state index in [-0.39, 0.29) is 0 Å². The summed E-state index contributed by atoms with van der Waals surface area (Å²) in [5.41, 5.74) is 2.43. The van der Waals surface area contributed by atoms with Crippen LogP contribution in [0.3, 0.4) is 0 Å². The number of aromatic nitrogens is 1. The number of hydrogen-bond acceptors (Lipinski definition) is 3. The Hall–Kier alpha value is -1.09. The first-order chi connectivity index (χ1) is 9.19. The molecule has 1 aromatic carbocycles. The molecule has 3 rings (SSSR count). The largest absolute Gasteiger partial charge is 0.358 e. The third kappa shape index (κ3) is 2.36. The maximum Gasteiger partial charge on any atom is 0.184 e. The van der Waals surface area contributed by atoms with E-state index in [0.717, 1.165) is 22.5 Å². The van der Waals surface area contributed by atoms with E-state index in [1.165, 1.54) is 29.5 Å². The second-order valence-electron chi connectivity index (χ2n) is 5.80. The topological polar surface area (TPSA) is 24.9 Å². The molecule has 0 bridgehead atoms.